The Morgan fingerprint density at radius 1 is 1.04 bits per heavy atom. The minimum Gasteiger partial charge on any atom is -0.351 e. The zero-order chi connectivity index (χ0) is 17.6. The SMILES string of the molecule is CCCCNC(=O)c1c(NC(=O)c2ccccc2)nc2ccccn12. The van der Waals surface area contributed by atoms with Gasteiger partial charge in [0.15, 0.2) is 11.5 Å². The molecule has 0 fully saturated rings. The van der Waals surface area contributed by atoms with Gasteiger partial charge in [-0.25, -0.2) is 4.98 Å². The minimum atomic E-state index is -0.299. The maximum Gasteiger partial charge on any atom is 0.272 e. The number of nitrogens with one attached hydrogen (secondary N) is 2. The number of fused-ring (bicyclic) bond motifs is 1. The lowest BCUT2D eigenvalue weighted by Gasteiger charge is -2.07. The highest BCUT2D eigenvalue weighted by atomic mass is 16.2. The summed E-state index contributed by atoms with van der Waals surface area (Å²) in [6.07, 6.45) is 3.65. The van der Waals surface area contributed by atoms with Crippen molar-refractivity contribution < 1.29 is 9.59 Å². The Morgan fingerprint density at radius 3 is 2.56 bits per heavy atom. The van der Waals surface area contributed by atoms with Crippen LogP contribution in [0.3, 0.4) is 0 Å². The number of nitrogens with zero attached hydrogens (tertiary/aromatic N) is 2. The van der Waals surface area contributed by atoms with Crippen LogP contribution in [-0.2, 0) is 0 Å². The van der Waals surface area contributed by atoms with Crippen molar-refractivity contribution in [2.24, 2.45) is 0 Å². The summed E-state index contributed by atoms with van der Waals surface area (Å²) in [6, 6.07) is 14.3. The molecule has 0 saturated heterocycles. The third-order valence-electron chi connectivity index (χ3n) is 3.83. The molecular formula is C19H20N4O2. The predicted octanol–water partition coefficient (Wildman–Crippen LogP) is 3.12. The molecule has 0 aliphatic rings. The number of aromatic nitrogens is 2. The van der Waals surface area contributed by atoms with Gasteiger partial charge in [0.1, 0.15) is 5.65 Å². The second-order valence-electron chi connectivity index (χ2n) is 5.67. The van der Waals surface area contributed by atoms with Crippen LogP contribution in [-0.4, -0.2) is 27.7 Å². The van der Waals surface area contributed by atoms with E-state index < -0.39 is 0 Å². The molecule has 0 radical (unpaired) electrons. The minimum absolute atomic E-state index is 0.254. The second-order valence-corrected chi connectivity index (χ2v) is 5.67. The van der Waals surface area contributed by atoms with Crippen LogP contribution in [0.4, 0.5) is 5.82 Å². The number of hydrogen-bond acceptors (Lipinski definition) is 3. The van der Waals surface area contributed by atoms with E-state index in [0.29, 0.717) is 23.4 Å². The van der Waals surface area contributed by atoms with Crippen LogP contribution >= 0.6 is 0 Å². The third kappa shape index (κ3) is 3.68. The third-order valence-corrected chi connectivity index (χ3v) is 3.83. The average molecular weight is 336 g/mol. The summed E-state index contributed by atoms with van der Waals surface area (Å²) in [6.45, 7) is 2.65. The van der Waals surface area contributed by atoms with Gasteiger partial charge in [-0.3, -0.25) is 14.0 Å². The van der Waals surface area contributed by atoms with Crippen LogP contribution in [0.15, 0.2) is 54.7 Å². The number of amides is 2. The van der Waals surface area contributed by atoms with Gasteiger partial charge in [0.25, 0.3) is 11.8 Å². The summed E-state index contributed by atoms with van der Waals surface area (Å²) in [7, 11) is 0. The molecule has 0 atom stereocenters. The quantitative estimate of drug-likeness (QED) is 0.679. The Bertz CT molecular complexity index is 887. The first-order chi connectivity index (χ1) is 12.2. The molecule has 0 aliphatic carbocycles. The second kappa shape index (κ2) is 7.61. The molecule has 0 unspecified atom stereocenters. The first-order valence-corrected chi connectivity index (χ1v) is 8.32. The van der Waals surface area contributed by atoms with Crippen molar-refractivity contribution in [3.05, 3.63) is 66.0 Å². The molecular weight excluding hydrogens is 316 g/mol. The summed E-state index contributed by atoms with van der Waals surface area (Å²) in [4.78, 5) is 29.4. The van der Waals surface area contributed by atoms with Crippen molar-refractivity contribution in [2.75, 3.05) is 11.9 Å². The number of rotatable bonds is 6. The van der Waals surface area contributed by atoms with Gasteiger partial charge in [0.2, 0.25) is 0 Å². The van der Waals surface area contributed by atoms with Crippen LogP contribution in [0.5, 0.6) is 0 Å². The molecule has 128 valence electrons. The molecule has 25 heavy (non-hydrogen) atoms. The molecule has 3 aromatic rings. The normalized spacial score (nSPS) is 10.6. The molecule has 2 heterocycles. The number of pyridine rings is 1. The lowest BCUT2D eigenvalue weighted by molar-refractivity contribution is 0.0948. The Labute approximate surface area is 145 Å². The van der Waals surface area contributed by atoms with Gasteiger partial charge in [-0.2, -0.15) is 0 Å². The smallest absolute Gasteiger partial charge is 0.272 e. The molecule has 3 rings (SSSR count). The summed E-state index contributed by atoms with van der Waals surface area (Å²) in [5, 5.41) is 5.64. The van der Waals surface area contributed by atoms with Crippen LogP contribution in [0, 0.1) is 0 Å². The lowest BCUT2D eigenvalue weighted by Crippen LogP contribution is -2.27. The average Bonchev–Trinajstić information content (AvgIpc) is 3.00. The molecule has 0 bridgehead atoms. The van der Waals surface area contributed by atoms with Gasteiger partial charge in [-0.05, 0) is 30.7 Å². The van der Waals surface area contributed by atoms with Gasteiger partial charge in [0, 0.05) is 18.3 Å². The van der Waals surface area contributed by atoms with E-state index in [4.69, 9.17) is 0 Å². The Kier molecular flexibility index (Phi) is 5.09. The van der Waals surface area contributed by atoms with Crippen LogP contribution in [0.1, 0.15) is 40.6 Å². The number of benzene rings is 1. The van der Waals surface area contributed by atoms with E-state index in [1.165, 1.54) is 0 Å². The van der Waals surface area contributed by atoms with Crippen molar-refractivity contribution in [1.82, 2.24) is 14.7 Å². The number of hydrogen-bond donors (Lipinski definition) is 2. The Morgan fingerprint density at radius 2 is 1.80 bits per heavy atom. The van der Waals surface area contributed by atoms with E-state index in [1.54, 1.807) is 40.9 Å². The van der Waals surface area contributed by atoms with Crippen LogP contribution in [0.2, 0.25) is 0 Å². The van der Waals surface area contributed by atoms with Gasteiger partial charge < -0.3 is 10.6 Å². The van der Waals surface area contributed by atoms with E-state index in [9.17, 15) is 9.59 Å². The molecule has 1 aromatic carbocycles. The highest BCUT2D eigenvalue weighted by molar-refractivity contribution is 6.08. The highest BCUT2D eigenvalue weighted by Gasteiger charge is 2.21. The fourth-order valence-corrected chi connectivity index (χ4v) is 2.53. The Balaban J connectivity index is 1.92. The number of carbonyl (C=O) groups excluding carboxylic acids is 2. The standard InChI is InChI=1S/C19H20N4O2/c1-2-3-12-20-19(25)16-17(21-15-11-7-8-13-23(15)16)22-18(24)14-9-5-4-6-10-14/h4-11,13H,2-3,12H2,1H3,(H,20,25)(H,22,24). The molecule has 6 heteroatoms. The topological polar surface area (TPSA) is 75.5 Å². The first kappa shape index (κ1) is 16.7. The van der Waals surface area contributed by atoms with Crippen LogP contribution in [0.25, 0.3) is 5.65 Å². The zero-order valence-corrected chi connectivity index (χ0v) is 14.0. The van der Waals surface area contributed by atoms with Gasteiger partial charge in [-0.15, -0.1) is 0 Å². The maximum atomic E-state index is 12.6. The van der Waals surface area contributed by atoms with Crippen molar-refractivity contribution in [2.45, 2.75) is 19.8 Å². The van der Waals surface area contributed by atoms with Crippen molar-refractivity contribution in [3.8, 4) is 0 Å². The molecule has 2 N–H and O–H groups in total. The molecule has 0 saturated carbocycles. The van der Waals surface area contributed by atoms with Gasteiger partial charge in [-0.1, -0.05) is 37.6 Å². The number of carbonyl (C=O) groups is 2. The monoisotopic (exact) mass is 336 g/mol. The summed E-state index contributed by atoms with van der Waals surface area (Å²) < 4.78 is 1.68. The summed E-state index contributed by atoms with van der Waals surface area (Å²) in [5.41, 5.74) is 1.44. The highest BCUT2D eigenvalue weighted by Crippen LogP contribution is 2.18. The van der Waals surface area contributed by atoms with Crippen molar-refractivity contribution in [1.29, 1.82) is 0 Å². The van der Waals surface area contributed by atoms with E-state index in [1.807, 2.05) is 18.2 Å². The number of anilines is 1. The Hall–Kier alpha value is -3.15. The lowest BCUT2D eigenvalue weighted by atomic mass is 10.2. The predicted molar refractivity (Wildman–Crippen MR) is 96.8 cm³/mol. The largest absolute Gasteiger partial charge is 0.351 e. The van der Waals surface area contributed by atoms with E-state index in [2.05, 4.69) is 22.5 Å². The molecule has 0 spiro atoms. The number of imidazole rings is 1. The van der Waals surface area contributed by atoms with Gasteiger partial charge in [0.05, 0.1) is 0 Å². The summed E-state index contributed by atoms with van der Waals surface area (Å²) in [5.74, 6) is -0.295. The maximum absolute atomic E-state index is 12.6. The van der Waals surface area contributed by atoms with Gasteiger partial charge >= 0.3 is 0 Å². The van der Waals surface area contributed by atoms with Crippen molar-refractivity contribution >= 4 is 23.3 Å². The fourth-order valence-electron chi connectivity index (χ4n) is 2.53. The molecule has 2 amide bonds. The van der Waals surface area contributed by atoms with Crippen molar-refractivity contribution in [3.63, 3.8) is 0 Å². The summed E-state index contributed by atoms with van der Waals surface area (Å²) >= 11 is 0. The molecule has 6 nitrogen and oxygen atoms in total. The first-order valence-electron chi connectivity index (χ1n) is 8.32. The molecule has 2 aromatic heterocycles. The zero-order valence-electron chi connectivity index (χ0n) is 14.0. The van der Waals surface area contributed by atoms with E-state index in [0.717, 1.165) is 12.8 Å². The van der Waals surface area contributed by atoms with E-state index in [-0.39, 0.29) is 17.6 Å². The number of unbranched alkanes of at least 4 members (excludes halogenated alkanes) is 1. The molecule has 0 aliphatic heterocycles. The van der Waals surface area contributed by atoms with E-state index >= 15 is 0 Å². The fraction of sp³-hybridized carbons (Fsp3) is 0.211. The van der Waals surface area contributed by atoms with Crippen LogP contribution < -0.4 is 10.6 Å².